The minimum absolute atomic E-state index is 0.0983. The molecule has 0 fully saturated rings. The van der Waals surface area contributed by atoms with Crippen molar-refractivity contribution in [2.24, 2.45) is 7.05 Å². The fourth-order valence-corrected chi connectivity index (χ4v) is 3.46. The quantitative estimate of drug-likeness (QED) is 0.160. The van der Waals surface area contributed by atoms with Crippen LogP contribution in [0.4, 0.5) is 36.1 Å². The molecule has 172 valence electrons. The van der Waals surface area contributed by atoms with Crippen molar-refractivity contribution in [3.63, 3.8) is 0 Å². The van der Waals surface area contributed by atoms with Gasteiger partial charge < -0.3 is 22.6 Å². The molecule has 0 saturated heterocycles. The summed E-state index contributed by atoms with van der Waals surface area (Å²) in [6.45, 7) is 0. The first-order chi connectivity index (χ1) is 15.4. The van der Waals surface area contributed by atoms with Crippen LogP contribution in [0, 0.1) is 0 Å². The number of carbonyl (C=O) groups excluding carboxylic acids is 1. The van der Waals surface area contributed by atoms with Gasteiger partial charge in [-0.05, 0) is 29.8 Å². The van der Waals surface area contributed by atoms with Crippen LogP contribution < -0.4 is 9.88 Å². The second-order valence-electron chi connectivity index (χ2n) is 6.99. The standard InChI is InChI=1S/C22H15F3N2O.BF4/c1-27-18-8-4-2-6-16(18)20(17-7-3-5-9-19(17)27)14-10-12-15(13-11-14)26-21(28)22(23,24)25;2-1(3,4)5/h2-13H,1H3;/q;-1/p+1. The smallest absolute Gasteiger partial charge is 0.418 e. The molecule has 1 heterocycles. The van der Waals surface area contributed by atoms with Gasteiger partial charge in [0.25, 0.3) is 0 Å². The highest BCUT2D eigenvalue weighted by molar-refractivity contribution is 6.50. The van der Waals surface area contributed by atoms with Crippen molar-refractivity contribution < 1.29 is 39.8 Å². The number of rotatable bonds is 2. The number of fused-ring (bicyclic) bond motifs is 2. The van der Waals surface area contributed by atoms with Crippen LogP contribution in [-0.4, -0.2) is 19.3 Å². The lowest BCUT2D eigenvalue weighted by Gasteiger charge is -2.12. The number of alkyl halides is 3. The van der Waals surface area contributed by atoms with Gasteiger partial charge in [-0.3, -0.25) is 4.79 Å². The zero-order chi connectivity index (χ0) is 24.4. The van der Waals surface area contributed by atoms with Crippen LogP contribution in [0.15, 0.2) is 72.8 Å². The molecule has 3 aromatic carbocycles. The Morgan fingerprint density at radius 3 is 1.64 bits per heavy atom. The second kappa shape index (κ2) is 9.09. The molecule has 4 aromatic rings. The average Bonchev–Trinajstić information content (AvgIpc) is 2.73. The van der Waals surface area contributed by atoms with E-state index in [4.69, 9.17) is 0 Å². The molecule has 0 spiro atoms. The Balaban J connectivity index is 0.000000555. The molecule has 0 unspecified atom stereocenters. The molecule has 0 aliphatic carbocycles. The first kappa shape index (κ1) is 24.0. The summed E-state index contributed by atoms with van der Waals surface area (Å²) in [5, 5.41) is 3.95. The van der Waals surface area contributed by atoms with Gasteiger partial charge in [0.2, 0.25) is 11.0 Å². The summed E-state index contributed by atoms with van der Waals surface area (Å²) in [6, 6.07) is 22.4. The molecule has 0 bridgehead atoms. The zero-order valence-electron chi connectivity index (χ0n) is 17.0. The molecule has 3 nitrogen and oxygen atoms in total. The summed E-state index contributed by atoms with van der Waals surface area (Å²) in [5.41, 5.74) is 4.05. The third-order valence-electron chi connectivity index (χ3n) is 4.76. The lowest BCUT2D eigenvalue weighted by Crippen LogP contribution is -2.30. The Morgan fingerprint density at radius 2 is 1.21 bits per heavy atom. The summed E-state index contributed by atoms with van der Waals surface area (Å²) in [6.07, 6.45) is -4.92. The molecular formula is C22H16BF7N2O. The highest BCUT2D eigenvalue weighted by Gasteiger charge is 2.38. The minimum Gasteiger partial charge on any atom is -0.418 e. The van der Waals surface area contributed by atoms with E-state index in [9.17, 15) is 35.2 Å². The fraction of sp³-hybridized carbons (Fsp3) is 0.0909. The van der Waals surface area contributed by atoms with Crippen LogP contribution in [0.5, 0.6) is 0 Å². The summed E-state index contributed by atoms with van der Waals surface area (Å²) in [4.78, 5) is 11.1. The molecule has 0 aliphatic heterocycles. The topological polar surface area (TPSA) is 33.0 Å². The van der Waals surface area contributed by atoms with E-state index in [2.05, 4.69) is 4.57 Å². The van der Waals surface area contributed by atoms with E-state index in [1.807, 2.05) is 60.9 Å². The van der Waals surface area contributed by atoms with Crippen LogP contribution in [0.3, 0.4) is 0 Å². The largest absolute Gasteiger partial charge is 0.673 e. The van der Waals surface area contributed by atoms with Crippen molar-refractivity contribution in [3.05, 3.63) is 72.8 Å². The number of hydrogen-bond donors (Lipinski definition) is 1. The Morgan fingerprint density at radius 1 is 0.788 bits per heavy atom. The molecule has 0 saturated carbocycles. The Kier molecular flexibility index (Phi) is 6.62. The summed E-state index contributed by atoms with van der Waals surface area (Å²) in [5.74, 6) is -1.98. The highest BCUT2D eigenvalue weighted by atomic mass is 19.5. The van der Waals surface area contributed by atoms with Crippen LogP contribution in [0.25, 0.3) is 32.9 Å². The number of amides is 1. The number of pyridine rings is 1. The van der Waals surface area contributed by atoms with Crippen LogP contribution >= 0.6 is 0 Å². The molecule has 1 amide bonds. The predicted molar refractivity (Wildman–Crippen MR) is 113 cm³/mol. The molecule has 4 rings (SSSR count). The number of nitrogens with zero attached hydrogens (tertiary/aromatic N) is 1. The molecule has 0 atom stereocenters. The first-order valence-corrected chi connectivity index (χ1v) is 9.51. The van der Waals surface area contributed by atoms with Crippen LogP contribution in [0.2, 0.25) is 0 Å². The van der Waals surface area contributed by atoms with E-state index in [0.717, 1.165) is 32.9 Å². The number of para-hydroxylation sites is 2. The second-order valence-corrected chi connectivity index (χ2v) is 6.99. The van der Waals surface area contributed by atoms with E-state index in [-0.39, 0.29) is 5.69 Å². The predicted octanol–water partition coefficient (Wildman–Crippen LogP) is 6.29. The Bertz CT molecular complexity index is 1240. The fourth-order valence-electron chi connectivity index (χ4n) is 3.46. The van der Waals surface area contributed by atoms with Gasteiger partial charge in [-0.2, -0.15) is 17.7 Å². The van der Waals surface area contributed by atoms with Gasteiger partial charge in [0.15, 0.2) is 0 Å². The number of anilines is 1. The number of aromatic nitrogens is 1. The van der Waals surface area contributed by atoms with Crippen molar-refractivity contribution in [2.75, 3.05) is 5.32 Å². The molecule has 1 aromatic heterocycles. The first-order valence-electron chi connectivity index (χ1n) is 9.51. The van der Waals surface area contributed by atoms with Crippen LogP contribution in [0.1, 0.15) is 0 Å². The van der Waals surface area contributed by atoms with E-state index < -0.39 is 19.3 Å². The van der Waals surface area contributed by atoms with Crippen molar-refractivity contribution in [3.8, 4) is 11.1 Å². The van der Waals surface area contributed by atoms with E-state index in [1.165, 1.54) is 12.1 Å². The normalized spacial score (nSPS) is 11.8. The zero-order valence-corrected chi connectivity index (χ0v) is 17.0. The van der Waals surface area contributed by atoms with Crippen molar-refractivity contribution >= 4 is 40.7 Å². The molecule has 33 heavy (non-hydrogen) atoms. The van der Waals surface area contributed by atoms with E-state index >= 15 is 0 Å². The summed E-state index contributed by atoms with van der Waals surface area (Å²) < 4.78 is 78.5. The van der Waals surface area contributed by atoms with Gasteiger partial charge in [-0.15, -0.1) is 0 Å². The van der Waals surface area contributed by atoms with Crippen LogP contribution in [-0.2, 0) is 11.8 Å². The van der Waals surface area contributed by atoms with Crippen molar-refractivity contribution in [2.45, 2.75) is 6.18 Å². The third-order valence-corrected chi connectivity index (χ3v) is 4.76. The maximum Gasteiger partial charge on any atom is 0.673 e. The van der Waals surface area contributed by atoms with Crippen molar-refractivity contribution in [1.29, 1.82) is 0 Å². The molecule has 0 aliphatic rings. The maximum absolute atomic E-state index is 12.5. The molecule has 0 radical (unpaired) electrons. The number of halogens is 7. The SMILES string of the molecule is C[n+]1c2ccccc2c(-c2ccc(NC(=O)C(F)(F)F)cc2)c2ccccc21.F[B-](F)(F)F. The highest BCUT2D eigenvalue weighted by Crippen LogP contribution is 2.34. The van der Waals surface area contributed by atoms with Gasteiger partial charge in [0.05, 0.1) is 10.8 Å². The lowest BCUT2D eigenvalue weighted by molar-refractivity contribution is -0.617. The number of aryl methyl sites for hydroxylation is 1. The lowest BCUT2D eigenvalue weighted by atomic mass is 9.95. The van der Waals surface area contributed by atoms with E-state index in [0.29, 0.717) is 0 Å². The minimum atomic E-state index is -6.00. The Hall–Kier alpha value is -3.63. The monoisotopic (exact) mass is 468 g/mol. The number of nitrogens with one attached hydrogen (secondary N) is 1. The van der Waals surface area contributed by atoms with Gasteiger partial charge in [0.1, 0.15) is 7.05 Å². The van der Waals surface area contributed by atoms with Gasteiger partial charge in [0, 0.05) is 23.4 Å². The number of carbonyl (C=O) groups is 1. The molecule has 11 heteroatoms. The molecule has 1 N–H and O–H groups in total. The number of hydrogen-bond acceptors (Lipinski definition) is 1. The van der Waals surface area contributed by atoms with Gasteiger partial charge in [-0.25, -0.2) is 0 Å². The summed E-state index contributed by atoms with van der Waals surface area (Å²) in [7, 11) is -4.00. The average molecular weight is 468 g/mol. The van der Waals surface area contributed by atoms with Gasteiger partial charge in [-0.1, -0.05) is 36.4 Å². The van der Waals surface area contributed by atoms with Gasteiger partial charge >= 0.3 is 19.3 Å². The Labute approximate surface area is 183 Å². The third kappa shape index (κ3) is 5.79. The molecular weight excluding hydrogens is 452 g/mol. The van der Waals surface area contributed by atoms with Crippen molar-refractivity contribution in [1.82, 2.24) is 0 Å². The number of benzene rings is 3. The summed E-state index contributed by atoms with van der Waals surface area (Å²) >= 11 is 0. The maximum atomic E-state index is 12.5. The van der Waals surface area contributed by atoms with E-state index in [1.54, 1.807) is 12.1 Å².